The van der Waals surface area contributed by atoms with Gasteiger partial charge >= 0.3 is 5.97 Å². The molecule has 29 heavy (non-hydrogen) atoms. The summed E-state index contributed by atoms with van der Waals surface area (Å²) in [5.74, 6) is 0.256. The van der Waals surface area contributed by atoms with E-state index in [1.54, 1.807) is 12.3 Å². The molecule has 0 atom stereocenters. The monoisotopic (exact) mass is 395 g/mol. The van der Waals surface area contributed by atoms with Crippen LogP contribution in [0.1, 0.15) is 36.2 Å². The Bertz CT molecular complexity index is 930. The molecule has 0 saturated carbocycles. The highest BCUT2D eigenvalue weighted by Gasteiger charge is 2.32. The number of benzene rings is 1. The third kappa shape index (κ3) is 5.24. The molecule has 1 aliphatic heterocycles. The number of nitrogens with zero attached hydrogens (tertiary/aromatic N) is 3. The summed E-state index contributed by atoms with van der Waals surface area (Å²) in [7, 11) is 0. The van der Waals surface area contributed by atoms with Crippen molar-refractivity contribution in [3.8, 4) is 17.6 Å². The molecule has 2 heterocycles. The third-order valence-electron chi connectivity index (χ3n) is 4.73. The van der Waals surface area contributed by atoms with E-state index in [1.165, 1.54) is 0 Å². The van der Waals surface area contributed by atoms with E-state index in [9.17, 15) is 10.1 Å². The molecule has 0 spiro atoms. The van der Waals surface area contributed by atoms with Gasteiger partial charge in [0.25, 0.3) is 0 Å². The van der Waals surface area contributed by atoms with E-state index in [1.807, 2.05) is 32.9 Å². The van der Waals surface area contributed by atoms with Gasteiger partial charge in [-0.1, -0.05) is 12.1 Å². The van der Waals surface area contributed by atoms with Gasteiger partial charge in [0.2, 0.25) is 0 Å². The number of aromatic nitrogens is 1. The molecule has 1 fully saturated rings. The second kappa shape index (κ2) is 8.93. The highest BCUT2D eigenvalue weighted by molar-refractivity contribution is 5.71. The summed E-state index contributed by atoms with van der Waals surface area (Å²) in [6, 6.07) is 9.78. The van der Waals surface area contributed by atoms with Crippen LogP contribution in [0.4, 0.5) is 0 Å². The van der Waals surface area contributed by atoms with Crippen LogP contribution in [0.5, 0.6) is 11.5 Å². The van der Waals surface area contributed by atoms with Crippen LogP contribution in [0.25, 0.3) is 0 Å². The fraction of sp³-hybridized carbons (Fsp3) is 0.409. The van der Waals surface area contributed by atoms with Crippen molar-refractivity contribution < 1.29 is 19.4 Å². The summed E-state index contributed by atoms with van der Waals surface area (Å²) < 4.78 is 11.5. The Morgan fingerprint density at radius 2 is 2.10 bits per heavy atom. The molecule has 152 valence electrons. The van der Waals surface area contributed by atoms with Crippen molar-refractivity contribution >= 4 is 5.97 Å². The SMILES string of the molecule is Cc1cc(CN2CC(C(=O)O)C2)ccc1OCc1cc(C#N)c(OC(C)C)cn1. The minimum atomic E-state index is -0.724. The van der Waals surface area contributed by atoms with Gasteiger partial charge in [-0.15, -0.1) is 0 Å². The van der Waals surface area contributed by atoms with Crippen LogP contribution in [-0.4, -0.2) is 40.2 Å². The van der Waals surface area contributed by atoms with E-state index in [0.717, 1.165) is 23.4 Å². The van der Waals surface area contributed by atoms with Gasteiger partial charge in [-0.05, 0) is 44.0 Å². The normalized spacial score (nSPS) is 14.3. The molecule has 1 N–H and O–H groups in total. The molecule has 7 heteroatoms. The number of rotatable bonds is 8. The van der Waals surface area contributed by atoms with Crippen molar-refractivity contribution in [2.24, 2.45) is 5.92 Å². The van der Waals surface area contributed by atoms with Crippen molar-refractivity contribution in [1.82, 2.24) is 9.88 Å². The Hall–Kier alpha value is -3.11. The Balaban J connectivity index is 1.58. The first-order valence-corrected chi connectivity index (χ1v) is 9.59. The number of carboxylic acids is 1. The zero-order chi connectivity index (χ0) is 21.0. The van der Waals surface area contributed by atoms with Crippen LogP contribution >= 0.6 is 0 Å². The molecule has 0 aliphatic carbocycles. The maximum absolute atomic E-state index is 10.9. The van der Waals surface area contributed by atoms with Crippen LogP contribution in [0.15, 0.2) is 30.5 Å². The zero-order valence-electron chi connectivity index (χ0n) is 16.9. The Labute approximate surface area is 170 Å². The molecule has 1 aromatic heterocycles. The largest absolute Gasteiger partial charge is 0.488 e. The third-order valence-corrected chi connectivity index (χ3v) is 4.73. The number of aryl methyl sites for hydroxylation is 1. The minimum absolute atomic E-state index is 0.0292. The Kier molecular flexibility index (Phi) is 6.35. The summed E-state index contributed by atoms with van der Waals surface area (Å²) in [5, 5.41) is 18.3. The lowest BCUT2D eigenvalue weighted by Crippen LogP contribution is -2.49. The van der Waals surface area contributed by atoms with Crippen LogP contribution in [0.3, 0.4) is 0 Å². The fourth-order valence-electron chi connectivity index (χ4n) is 3.24. The van der Waals surface area contributed by atoms with Crippen LogP contribution in [0.2, 0.25) is 0 Å². The predicted molar refractivity (Wildman–Crippen MR) is 107 cm³/mol. The second-order valence-corrected chi connectivity index (χ2v) is 7.57. The highest BCUT2D eigenvalue weighted by Crippen LogP contribution is 2.25. The number of pyridine rings is 1. The van der Waals surface area contributed by atoms with E-state index in [-0.39, 0.29) is 18.6 Å². The number of hydrogen-bond acceptors (Lipinski definition) is 6. The average Bonchev–Trinajstić information content (AvgIpc) is 2.63. The number of nitriles is 1. The Morgan fingerprint density at radius 1 is 1.34 bits per heavy atom. The van der Waals surface area contributed by atoms with Gasteiger partial charge in [-0.3, -0.25) is 14.7 Å². The standard InChI is InChI=1S/C22H25N3O4/c1-14(2)29-21-9-24-19(7-17(21)8-23)13-28-20-5-4-16(6-15(20)3)10-25-11-18(12-25)22(26)27/h4-7,9,14,18H,10-13H2,1-3H3,(H,26,27). The lowest BCUT2D eigenvalue weighted by molar-refractivity contribution is -0.147. The molecular formula is C22H25N3O4. The molecule has 0 amide bonds. The second-order valence-electron chi connectivity index (χ2n) is 7.57. The van der Waals surface area contributed by atoms with Gasteiger partial charge in [0, 0.05) is 19.6 Å². The Morgan fingerprint density at radius 3 is 2.72 bits per heavy atom. The molecule has 1 aliphatic rings. The number of carboxylic acid groups (broad SMARTS) is 1. The van der Waals surface area contributed by atoms with Crippen molar-refractivity contribution in [1.29, 1.82) is 5.26 Å². The van der Waals surface area contributed by atoms with Crippen LogP contribution in [-0.2, 0) is 17.9 Å². The van der Waals surface area contributed by atoms with Gasteiger partial charge < -0.3 is 14.6 Å². The zero-order valence-corrected chi connectivity index (χ0v) is 16.9. The van der Waals surface area contributed by atoms with Gasteiger partial charge in [-0.2, -0.15) is 5.26 Å². The van der Waals surface area contributed by atoms with E-state index in [4.69, 9.17) is 14.6 Å². The fourth-order valence-corrected chi connectivity index (χ4v) is 3.24. The maximum Gasteiger partial charge on any atom is 0.309 e. The summed E-state index contributed by atoms with van der Waals surface area (Å²) in [4.78, 5) is 17.3. The topological polar surface area (TPSA) is 95.7 Å². The lowest BCUT2D eigenvalue weighted by atomic mass is 9.99. The molecule has 7 nitrogen and oxygen atoms in total. The molecule has 0 bridgehead atoms. The summed E-state index contributed by atoms with van der Waals surface area (Å²) in [6.45, 7) is 7.95. The van der Waals surface area contributed by atoms with Gasteiger partial charge in [0.05, 0.1) is 29.5 Å². The van der Waals surface area contributed by atoms with E-state index in [2.05, 4.69) is 22.0 Å². The quantitative estimate of drug-likeness (QED) is 0.733. The lowest BCUT2D eigenvalue weighted by Gasteiger charge is -2.36. The van der Waals surface area contributed by atoms with E-state index < -0.39 is 5.97 Å². The van der Waals surface area contributed by atoms with Gasteiger partial charge in [0.1, 0.15) is 18.4 Å². The summed E-state index contributed by atoms with van der Waals surface area (Å²) in [6.07, 6.45) is 1.53. The predicted octanol–water partition coefficient (Wildman–Crippen LogP) is 3.14. The number of carbonyl (C=O) groups is 1. The van der Waals surface area contributed by atoms with Crippen molar-refractivity contribution in [2.75, 3.05) is 13.1 Å². The molecule has 3 rings (SSSR count). The van der Waals surface area contributed by atoms with Crippen molar-refractivity contribution in [3.05, 3.63) is 52.8 Å². The molecule has 0 unspecified atom stereocenters. The van der Waals surface area contributed by atoms with Crippen LogP contribution < -0.4 is 9.47 Å². The van der Waals surface area contributed by atoms with Gasteiger partial charge in [-0.25, -0.2) is 0 Å². The van der Waals surface area contributed by atoms with Crippen molar-refractivity contribution in [2.45, 2.75) is 40.0 Å². The summed E-state index contributed by atoms with van der Waals surface area (Å²) in [5.41, 5.74) is 3.21. The molecule has 1 aromatic carbocycles. The molecule has 0 radical (unpaired) electrons. The minimum Gasteiger partial charge on any atom is -0.488 e. The van der Waals surface area contributed by atoms with E-state index in [0.29, 0.717) is 30.1 Å². The first-order chi connectivity index (χ1) is 13.9. The summed E-state index contributed by atoms with van der Waals surface area (Å²) >= 11 is 0. The first kappa shape index (κ1) is 20.6. The van der Waals surface area contributed by atoms with Crippen molar-refractivity contribution in [3.63, 3.8) is 0 Å². The molecule has 2 aromatic rings. The molecular weight excluding hydrogens is 370 g/mol. The maximum atomic E-state index is 10.9. The average molecular weight is 395 g/mol. The van der Waals surface area contributed by atoms with Crippen LogP contribution in [0, 0.1) is 24.2 Å². The molecule has 1 saturated heterocycles. The smallest absolute Gasteiger partial charge is 0.309 e. The highest BCUT2D eigenvalue weighted by atomic mass is 16.5. The number of aliphatic carboxylic acids is 1. The number of ether oxygens (including phenoxy) is 2. The first-order valence-electron chi connectivity index (χ1n) is 9.59. The number of likely N-dealkylation sites (tertiary alicyclic amines) is 1. The van der Waals surface area contributed by atoms with E-state index >= 15 is 0 Å². The van der Waals surface area contributed by atoms with Gasteiger partial charge in [0.15, 0.2) is 5.75 Å². The number of hydrogen-bond donors (Lipinski definition) is 1.